The standard InChI is InChI=1S/C8H12N4O3S/c1-11-5-6(12(2)8(11)15)10-7(9-5)16-3-4(13)14/h5-6H,3H2,1-2H3,(H,9,10)(H,13,14)/t5-,6+. The van der Waals surface area contributed by atoms with Crippen molar-refractivity contribution in [2.75, 3.05) is 19.8 Å². The Morgan fingerprint density at radius 3 is 2.81 bits per heavy atom. The fourth-order valence-corrected chi connectivity index (χ4v) is 2.36. The number of likely N-dealkylation sites (N-methyl/N-ethyl adjacent to an activating group) is 2. The molecule has 7 nitrogen and oxygen atoms in total. The van der Waals surface area contributed by atoms with Crippen LogP contribution in [0.3, 0.4) is 0 Å². The van der Waals surface area contributed by atoms with E-state index in [1.54, 1.807) is 19.0 Å². The number of urea groups is 1. The van der Waals surface area contributed by atoms with Crippen molar-refractivity contribution in [3.63, 3.8) is 0 Å². The maximum absolute atomic E-state index is 11.5. The summed E-state index contributed by atoms with van der Waals surface area (Å²) in [5.74, 6) is -0.920. The molecule has 2 heterocycles. The normalized spacial score (nSPS) is 27.9. The summed E-state index contributed by atoms with van der Waals surface area (Å²) in [6.45, 7) is 0. The van der Waals surface area contributed by atoms with Crippen LogP contribution in [0.5, 0.6) is 0 Å². The SMILES string of the molecule is CN1C(=O)N(C)[C@H]2NC(SCC(=O)O)=N[C@H]21. The minimum atomic E-state index is -0.885. The molecule has 0 aliphatic carbocycles. The summed E-state index contributed by atoms with van der Waals surface area (Å²) in [6.07, 6.45) is -0.442. The molecule has 1 fully saturated rings. The first-order valence-corrected chi connectivity index (χ1v) is 5.68. The Labute approximate surface area is 96.5 Å². The molecule has 2 aliphatic rings. The van der Waals surface area contributed by atoms with Crippen LogP contribution in [-0.2, 0) is 4.79 Å². The number of carbonyl (C=O) groups is 2. The van der Waals surface area contributed by atoms with Gasteiger partial charge < -0.3 is 20.2 Å². The lowest BCUT2D eigenvalue weighted by molar-refractivity contribution is -0.133. The van der Waals surface area contributed by atoms with E-state index in [2.05, 4.69) is 10.3 Å². The quantitative estimate of drug-likeness (QED) is 0.678. The summed E-state index contributed by atoms with van der Waals surface area (Å²) < 4.78 is 0. The molecule has 2 amide bonds. The third kappa shape index (κ3) is 1.69. The van der Waals surface area contributed by atoms with Crippen LogP contribution in [-0.4, -0.2) is 64.3 Å². The zero-order valence-electron chi connectivity index (χ0n) is 8.88. The van der Waals surface area contributed by atoms with E-state index < -0.39 is 5.97 Å². The Hall–Kier alpha value is -1.44. The number of aliphatic carboxylic acids is 1. The minimum absolute atomic E-state index is 0.0351. The molecule has 0 aromatic heterocycles. The van der Waals surface area contributed by atoms with Crippen LogP contribution >= 0.6 is 11.8 Å². The van der Waals surface area contributed by atoms with Gasteiger partial charge in [0.05, 0.1) is 5.75 Å². The molecule has 0 aromatic rings. The Balaban J connectivity index is 2.03. The second kappa shape index (κ2) is 3.85. The number of hydrogen-bond acceptors (Lipinski definition) is 5. The highest BCUT2D eigenvalue weighted by Gasteiger charge is 2.45. The number of thioether (sulfide) groups is 1. The first-order valence-electron chi connectivity index (χ1n) is 4.69. The number of nitrogens with zero attached hydrogens (tertiary/aromatic N) is 3. The lowest BCUT2D eigenvalue weighted by Crippen LogP contribution is -2.42. The van der Waals surface area contributed by atoms with E-state index in [0.29, 0.717) is 5.17 Å². The van der Waals surface area contributed by atoms with Crippen LogP contribution in [0.15, 0.2) is 4.99 Å². The van der Waals surface area contributed by atoms with Crippen LogP contribution < -0.4 is 5.32 Å². The lowest BCUT2D eigenvalue weighted by Gasteiger charge is -2.16. The number of carbonyl (C=O) groups excluding carboxylic acids is 1. The lowest BCUT2D eigenvalue weighted by atomic mass is 10.4. The molecule has 88 valence electrons. The molecule has 2 N–H and O–H groups in total. The zero-order chi connectivity index (χ0) is 11.9. The molecule has 8 heteroatoms. The molecule has 0 unspecified atom stereocenters. The third-order valence-corrected chi connectivity index (χ3v) is 3.44. The Bertz CT molecular complexity index is 372. The highest BCUT2D eigenvalue weighted by atomic mass is 32.2. The van der Waals surface area contributed by atoms with Crippen LogP contribution in [0.1, 0.15) is 0 Å². The second-order valence-corrected chi connectivity index (χ2v) is 4.59. The largest absolute Gasteiger partial charge is 0.481 e. The highest BCUT2D eigenvalue weighted by molar-refractivity contribution is 8.14. The van der Waals surface area contributed by atoms with Gasteiger partial charge in [-0.15, -0.1) is 0 Å². The number of nitrogens with one attached hydrogen (secondary N) is 1. The predicted molar refractivity (Wildman–Crippen MR) is 59.2 cm³/mol. The molecule has 0 spiro atoms. The Kier molecular flexibility index (Phi) is 2.66. The molecule has 2 rings (SSSR count). The number of carboxylic acid groups (broad SMARTS) is 1. The number of hydrogen-bond donors (Lipinski definition) is 2. The first kappa shape index (κ1) is 11.1. The Morgan fingerprint density at radius 1 is 1.56 bits per heavy atom. The van der Waals surface area contributed by atoms with Crippen molar-refractivity contribution in [1.82, 2.24) is 15.1 Å². The van der Waals surface area contributed by atoms with Gasteiger partial charge in [-0.05, 0) is 0 Å². The van der Waals surface area contributed by atoms with Crippen molar-refractivity contribution in [3.8, 4) is 0 Å². The van der Waals surface area contributed by atoms with E-state index in [1.165, 1.54) is 4.90 Å². The summed E-state index contributed by atoms with van der Waals surface area (Å²) in [5.41, 5.74) is 0. The van der Waals surface area contributed by atoms with Crippen LogP contribution in [0.2, 0.25) is 0 Å². The predicted octanol–water partition coefficient (Wildman–Crippen LogP) is -0.587. The number of fused-ring (bicyclic) bond motifs is 1. The van der Waals surface area contributed by atoms with Gasteiger partial charge in [-0.1, -0.05) is 11.8 Å². The van der Waals surface area contributed by atoms with Crippen LogP contribution in [0.4, 0.5) is 4.79 Å². The summed E-state index contributed by atoms with van der Waals surface area (Å²) in [4.78, 5) is 29.3. The average Bonchev–Trinajstić information content (AvgIpc) is 2.73. The second-order valence-electron chi connectivity index (χ2n) is 3.62. The van der Waals surface area contributed by atoms with Gasteiger partial charge in [0, 0.05) is 14.1 Å². The maximum Gasteiger partial charge on any atom is 0.323 e. The zero-order valence-corrected chi connectivity index (χ0v) is 9.69. The number of amides is 2. The van der Waals surface area contributed by atoms with Crippen molar-refractivity contribution >= 4 is 28.9 Å². The van der Waals surface area contributed by atoms with Crippen molar-refractivity contribution in [2.45, 2.75) is 12.3 Å². The molecule has 1 saturated heterocycles. The van der Waals surface area contributed by atoms with Gasteiger partial charge in [0.25, 0.3) is 0 Å². The van der Waals surface area contributed by atoms with Gasteiger partial charge in [0.1, 0.15) is 6.17 Å². The summed E-state index contributed by atoms with van der Waals surface area (Å²) in [6, 6.07) is -0.0893. The number of rotatable bonds is 2. The number of amidine groups is 1. The van der Waals surface area contributed by atoms with Gasteiger partial charge in [-0.3, -0.25) is 4.79 Å². The van der Waals surface area contributed by atoms with Gasteiger partial charge in [0.2, 0.25) is 0 Å². The number of aliphatic imine (C=N–C) groups is 1. The van der Waals surface area contributed by atoms with Gasteiger partial charge >= 0.3 is 12.0 Å². The van der Waals surface area contributed by atoms with Crippen molar-refractivity contribution in [2.24, 2.45) is 4.99 Å². The summed E-state index contributed by atoms with van der Waals surface area (Å²) in [7, 11) is 3.37. The van der Waals surface area contributed by atoms with E-state index in [-0.39, 0.29) is 24.1 Å². The van der Waals surface area contributed by atoms with E-state index in [0.717, 1.165) is 11.8 Å². The monoisotopic (exact) mass is 244 g/mol. The van der Waals surface area contributed by atoms with Crippen LogP contribution in [0, 0.1) is 0 Å². The molecular formula is C8H12N4O3S. The van der Waals surface area contributed by atoms with Crippen molar-refractivity contribution < 1.29 is 14.7 Å². The molecular weight excluding hydrogens is 232 g/mol. The van der Waals surface area contributed by atoms with E-state index >= 15 is 0 Å². The van der Waals surface area contributed by atoms with Crippen molar-refractivity contribution in [1.29, 1.82) is 0 Å². The van der Waals surface area contributed by atoms with Gasteiger partial charge in [-0.25, -0.2) is 9.79 Å². The summed E-state index contributed by atoms with van der Waals surface area (Å²) >= 11 is 1.13. The Morgan fingerprint density at radius 2 is 2.25 bits per heavy atom. The third-order valence-electron chi connectivity index (χ3n) is 2.55. The van der Waals surface area contributed by atoms with E-state index in [1.807, 2.05) is 0 Å². The topological polar surface area (TPSA) is 85.2 Å². The average molecular weight is 244 g/mol. The molecule has 0 bridgehead atoms. The van der Waals surface area contributed by atoms with Crippen molar-refractivity contribution in [3.05, 3.63) is 0 Å². The molecule has 2 aliphatic heterocycles. The fraction of sp³-hybridized carbons (Fsp3) is 0.625. The molecule has 16 heavy (non-hydrogen) atoms. The summed E-state index contributed by atoms with van der Waals surface area (Å²) in [5, 5.41) is 12.1. The number of carboxylic acids is 1. The van der Waals surface area contributed by atoms with E-state index in [4.69, 9.17) is 5.11 Å². The molecule has 0 saturated carbocycles. The van der Waals surface area contributed by atoms with Gasteiger partial charge in [0.15, 0.2) is 11.3 Å². The fourth-order valence-electron chi connectivity index (χ4n) is 1.71. The molecule has 0 aromatic carbocycles. The molecule has 0 radical (unpaired) electrons. The van der Waals surface area contributed by atoms with Crippen LogP contribution in [0.25, 0.3) is 0 Å². The smallest absolute Gasteiger partial charge is 0.323 e. The first-order chi connectivity index (χ1) is 7.50. The maximum atomic E-state index is 11.5. The minimum Gasteiger partial charge on any atom is -0.481 e. The highest BCUT2D eigenvalue weighted by Crippen LogP contribution is 2.25. The van der Waals surface area contributed by atoms with E-state index in [9.17, 15) is 9.59 Å². The van der Waals surface area contributed by atoms with Gasteiger partial charge in [-0.2, -0.15) is 0 Å². The molecule has 2 atom stereocenters.